The minimum Gasteiger partial charge on any atom is -0.390 e. The van der Waals surface area contributed by atoms with Crippen molar-refractivity contribution in [3.05, 3.63) is 59.9 Å². The molecule has 2 aromatic carbocycles. The van der Waals surface area contributed by atoms with Crippen molar-refractivity contribution in [2.75, 3.05) is 18.4 Å². The van der Waals surface area contributed by atoms with Gasteiger partial charge in [0.05, 0.1) is 16.7 Å². The zero-order valence-electron chi connectivity index (χ0n) is 12.5. The normalized spacial score (nSPS) is 15.8. The first-order valence-electron chi connectivity index (χ1n) is 7.22. The minimum absolute atomic E-state index is 0.0154. The van der Waals surface area contributed by atoms with Gasteiger partial charge in [-0.05, 0) is 30.3 Å². The van der Waals surface area contributed by atoms with Crippen LogP contribution in [-0.2, 0) is 10.0 Å². The number of carbonyl (C=O) groups excluding carboxylic acids is 1. The maximum atomic E-state index is 13.6. The number of amides is 1. The molecule has 1 heterocycles. The molecule has 0 aliphatic carbocycles. The Morgan fingerprint density at radius 2 is 1.88 bits per heavy atom. The number of nitrogens with zero attached hydrogens (tertiary/aromatic N) is 1. The quantitative estimate of drug-likeness (QED) is 0.874. The van der Waals surface area contributed by atoms with E-state index in [9.17, 15) is 22.7 Å². The molecule has 1 aliphatic heterocycles. The second-order valence-electron chi connectivity index (χ2n) is 5.44. The van der Waals surface area contributed by atoms with Gasteiger partial charge in [0.2, 0.25) is 10.0 Å². The molecule has 1 aliphatic rings. The minimum atomic E-state index is -3.75. The Kier molecular flexibility index (Phi) is 4.35. The van der Waals surface area contributed by atoms with Crippen molar-refractivity contribution >= 4 is 21.6 Å². The average molecular weight is 350 g/mol. The zero-order valence-corrected chi connectivity index (χ0v) is 13.3. The summed E-state index contributed by atoms with van der Waals surface area (Å²) in [5.41, 5.74) is 0.113. The molecular weight excluding hydrogens is 335 g/mol. The van der Waals surface area contributed by atoms with Crippen LogP contribution in [0.4, 0.5) is 10.1 Å². The maximum absolute atomic E-state index is 13.6. The highest BCUT2D eigenvalue weighted by Gasteiger charge is 2.35. The number of para-hydroxylation sites is 1. The van der Waals surface area contributed by atoms with Crippen LogP contribution in [0.1, 0.15) is 10.4 Å². The van der Waals surface area contributed by atoms with Gasteiger partial charge in [-0.1, -0.05) is 18.2 Å². The molecule has 1 fully saturated rings. The molecule has 0 bridgehead atoms. The molecule has 0 radical (unpaired) electrons. The van der Waals surface area contributed by atoms with Crippen LogP contribution in [0.3, 0.4) is 0 Å². The molecule has 3 rings (SSSR count). The van der Waals surface area contributed by atoms with Gasteiger partial charge in [-0.25, -0.2) is 12.8 Å². The van der Waals surface area contributed by atoms with Crippen LogP contribution in [0.5, 0.6) is 0 Å². The number of benzene rings is 2. The molecule has 0 saturated carbocycles. The molecule has 1 saturated heterocycles. The van der Waals surface area contributed by atoms with Crippen LogP contribution in [-0.4, -0.2) is 42.9 Å². The smallest absolute Gasteiger partial charge is 0.255 e. The van der Waals surface area contributed by atoms with Crippen molar-refractivity contribution in [2.45, 2.75) is 11.0 Å². The van der Waals surface area contributed by atoms with Crippen molar-refractivity contribution in [2.24, 2.45) is 0 Å². The Balaban J connectivity index is 1.83. The highest BCUT2D eigenvalue weighted by atomic mass is 32.2. The molecule has 0 spiro atoms. The number of nitrogens with one attached hydrogen (secondary N) is 1. The number of aliphatic hydroxyl groups is 1. The third-order valence-electron chi connectivity index (χ3n) is 3.68. The molecule has 0 atom stereocenters. The lowest BCUT2D eigenvalue weighted by molar-refractivity contribution is 0.0548. The summed E-state index contributed by atoms with van der Waals surface area (Å²) in [6.07, 6.45) is -0.660. The average Bonchev–Trinajstić information content (AvgIpc) is 2.54. The molecule has 126 valence electrons. The van der Waals surface area contributed by atoms with E-state index in [1.54, 1.807) is 6.07 Å². The van der Waals surface area contributed by atoms with E-state index in [1.165, 1.54) is 42.5 Å². The van der Waals surface area contributed by atoms with Crippen LogP contribution in [0.2, 0.25) is 0 Å². The number of β-amino-alcohol motifs (C(OH)–C–C–N with tert-alkyl or cyclic N) is 1. The molecule has 1 amide bonds. The van der Waals surface area contributed by atoms with Gasteiger partial charge in [-0.15, -0.1) is 0 Å². The molecular formula is C16H15FN2O4S. The predicted molar refractivity (Wildman–Crippen MR) is 85.6 cm³/mol. The van der Waals surface area contributed by atoms with Gasteiger partial charge in [-0.3, -0.25) is 4.79 Å². The number of aliphatic hydroxyl groups excluding tert-OH is 1. The SMILES string of the molecule is O=C(Nc1ccccc1F)c1cccc(S(=O)(=O)N2CC(O)C2)c1. The topological polar surface area (TPSA) is 86.7 Å². The molecule has 6 nitrogen and oxygen atoms in total. The first-order valence-corrected chi connectivity index (χ1v) is 8.66. The van der Waals surface area contributed by atoms with Crippen LogP contribution < -0.4 is 5.32 Å². The first-order chi connectivity index (χ1) is 11.4. The summed E-state index contributed by atoms with van der Waals surface area (Å²) in [4.78, 5) is 12.2. The molecule has 0 unspecified atom stereocenters. The lowest BCUT2D eigenvalue weighted by Crippen LogP contribution is -2.53. The second kappa shape index (κ2) is 6.31. The van der Waals surface area contributed by atoms with Crippen LogP contribution in [0.25, 0.3) is 0 Å². The molecule has 0 aromatic heterocycles. The van der Waals surface area contributed by atoms with Gasteiger partial charge < -0.3 is 10.4 Å². The van der Waals surface area contributed by atoms with Gasteiger partial charge in [0.1, 0.15) is 5.82 Å². The van der Waals surface area contributed by atoms with E-state index in [4.69, 9.17) is 0 Å². The van der Waals surface area contributed by atoms with E-state index in [0.29, 0.717) is 0 Å². The van der Waals surface area contributed by atoms with E-state index in [0.717, 1.165) is 4.31 Å². The van der Waals surface area contributed by atoms with Crippen LogP contribution in [0.15, 0.2) is 53.4 Å². The fourth-order valence-electron chi connectivity index (χ4n) is 2.32. The highest BCUT2D eigenvalue weighted by molar-refractivity contribution is 7.89. The summed E-state index contributed by atoms with van der Waals surface area (Å²) in [5.74, 6) is -1.19. The summed E-state index contributed by atoms with van der Waals surface area (Å²) in [6.45, 7) is 0.0714. The Morgan fingerprint density at radius 3 is 2.54 bits per heavy atom. The highest BCUT2D eigenvalue weighted by Crippen LogP contribution is 2.23. The van der Waals surface area contributed by atoms with Crippen molar-refractivity contribution in [1.29, 1.82) is 0 Å². The molecule has 2 aromatic rings. The molecule has 24 heavy (non-hydrogen) atoms. The van der Waals surface area contributed by atoms with E-state index in [-0.39, 0.29) is 29.2 Å². The molecule has 2 N–H and O–H groups in total. The zero-order chi connectivity index (χ0) is 17.3. The Bertz CT molecular complexity index is 879. The van der Waals surface area contributed by atoms with Gasteiger partial charge in [0.15, 0.2) is 0 Å². The second-order valence-corrected chi connectivity index (χ2v) is 7.38. The van der Waals surface area contributed by atoms with E-state index < -0.39 is 27.9 Å². The standard InChI is InChI=1S/C16H15FN2O4S/c17-14-6-1-2-7-15(14)18-16(21)11-4-3-5-13(8-11)24(22,23)19-9-12(20)10-19/h1-8,12,20H,9-10H2,(H,18,21). The van der Waals surface area contributed by atoms with E-state index in [1.807, 2.05) is 0 Å². The summed E-state index contributed by atoms with van der Waals surface area (Å²) in [6, 6.07) is 11.2. The van der Waals surface area contributed by atoms with Crippen LogP contribution in [0, 0.1) is 5.82 Å². The third kappa shape index (κ3) is 3.16. The first kappa shape index (κ1) is 16.6. The molecule has 8 heteroatoms. The lowest BCUT2D eigenvalue weighted by atomic mass is 10.2. The number of carbonyl (C=O) groups is 1. The van der Waals surface area contributed by atoms with Crippen molar-refractivity contribution < 1.29 is 22.7 Å². The van der Waals surface area contributed by atoms with E-state index in [2.05, 4.69) is 5.32 Å². The van der Waals surface area contributed by atoms with Gasteiger partial charge >= 0.3 is 0 Å². The number of sulfonamides is 1. The van der Waals surface area contributed by atoms with Crippen molar-refractivity contribution in [3.63, 3.8) is 0 Å². The maximum Gasteiger partial charge on any atom is 0.255 e. The predicted octanol–water partition coefficient (Wildman–Crippen LogP) is 1.44. The number of halogens is 1. The number of rotatable bonds is 4. The summed E-state index contributed by atoms with van der Waals surface area (Å²) >= 11 is 0. The van der Waals surface area contributed by atoms with Gasteiger partial charge in [0, 0.05) is 18.7 Å². The Morgan fingerprint density at radius 1 is 1.17 bits per heavy atom. The third-order valence-corrected chi connectivity index (χ3v) is 5.51. The van der Waals surface area contributed by atoms with Gasteiger partial charge in [-0.2, -0.15) is 4.31 Å². The summed E-state index contributed by atoms with van der Waals surface area (Å²) in [5, 5.41) is 11.7. The fraction of sp³-hybridized carbons (Fsp3) is 0.188. The van der Waals surface area contributed by atoms with E-state index >= 15 is 0 Å². The summed E-state index contributed by atoms with van der Waals surface area (Å²) < 4.78 is 39.5. The fourth-order valence-corrected chi connectivity index (χ4v) is 3.88. The van der Waals surface area contributed by atoms with Crippen molar-refractivity contribution in [1.82, 2.24) is 4.31 Å². The van der Waals surface area contributed by atoms with Crippen LogP contribution >= 0.6 is 0 Å². The number of anilines is 1. The van der Waals surface area contributed by atoms with Crippen molar-refractivity contribution in [3.8, 4) is 0 Å². The lowest BCUT2D eigenvalue weighted by Gasteiger charge is -2.34. The Labute approximate surface area is 138 Å². The van der Waals surface area contributed by atoms with Gasteiger partial charge in [0.25, 0.3) is 5.91 Å². The number of hydrogen-bond donors (Lipinski definition) is 2. The number of hydrogen-bond acceptors (Lipinski definition) is 4. The Hall–Kier alpha value is -2.29. The monoisotopic (exact) mass is 350 g/mol. The summed E-state index contributed by atoms with van der Waals surface area (Å²) in [7, 11) is -3.75. The largest absolute Gasteiger partial charge is 0.390 e.